The summed E-state index contributed by atoms with van der Waals surface area (Å²) in [5, 5.41) is -0.503. The van der Waals surface area contributed by atoms with Crippen molar-refractivity contribution in [2.75, 3.05) is 0 Å². The Labute approximate surface area is 96.6 Å². The molecule has 70 valence electrons. The Hall–Kier alpha value is -0.0900. The van der Waals surface area contributed by atoms with E-state index in [0.717, 1.165) is 14.7 Å². The molecule has 1 atom stereocenters. The van der Waals surface area contributed by atoms with Crippen LogP contribution in [-0.4, -0.2) is 5.78 Å². The molecular formula is C10H10ClIO. The summed E-state index contributed by atoms with van der Waals surface area (Å²) in [5.41, 5.74) is 1.98. The molecule has 1 rings (SSSR count). The van der Waals surface area contributed by atoms with Gasteiger partial charge in [-0.3, -0.25) is 4.79 Å². The molecule has 0 aromatic heterocycles. The third-order valence-corrected chi connectivity index (χ3v) is 3.08. The molecule has 0 saturated carbocycles. The summed E-state index contributed by atoms with van der Waals surface area (Å²) in [6.07, 6.45) is 0. The highest BCUT2D eigenvalue weighted by Gasteiger charge is 2.14. The monoisotopic (exact) mass is 308 g/mol. The quantitative estimate of drug-likeness (QED) is 0.604. The third kappa shape index (κ3) is 2.68. The van der Waals surface area contributed by atoms with Gasteiger partial charge in [-0.2, -0.15) is 0 Å². The van der Waals surface area contributed by atoms with E-state index < -0.39 is 5.38 Å². The van der Waals surface area contributed by atoms with E-state index in [1.54, 1.807) is 0 Å². The second kappa shape index (κ2) is 4.42. The summed E-state index contributed by atoms with van der Waals surface area (Å²) in [7, 11) is 0. The van der Waals surface area contributed by atoms with Crippen LogP contribution < -0.4 is 0 Å². The van der Waals surface area contributed by atoms with Crippen LogP contribution >= 0.6 is 34.2 Å². The van der Waals surface area contributed by atoms with E-state index in [1.165, 1.54) is 6.92 Å². The van der Waals surface area contributed by atoms with Crippen molar-refractivity contribution in [1.29, 1.82) is 0 Å². The molecule has 0 spiro atoms. The Morgan fingerprint density at radius 2 is 2.15 bits per heavy atom. The van der Waals surface area contributed by atoms with Gasteiger partial charge in [0, 0.05) is 3.57 Å². The number of Topliss-reactive ketones (excluding diaryl/α,β-unsaturated/α-hetero) is 1. The molecule has 1 aromatic rings. The summed E-state index contributed by atoms with van der Waals surface area (Å²) in [6.45, 7) is 3.48. The maximum absolute atomic E-state index is 11.0. The second-order valence-electron chi connectivity index (χ2n) is 2.97. The van der Waals surface area contributed by atoms with Gasteiger partial charge in [0.15, 0.2) is 5.78 Å². The van der Waals surface area contributed by atoms with E-state index in [1.807, 2.05) is 25.1 Å². The first-order chi connectivity index (χ1) is 6.02. The molecule has 1 aromatic carbocycles. The summed E-state index contributed by atoms with van der Waals surface area (Å²) >= 11 is 8.18. The van der Waals surface area contributed by atoms with Crippen molar-refractivity contribution < 1.29 is 4.79 Å². The van der Waals surface area contributed by atoms with E-state index in [9.17, 15) is 4.79 Å². The summed E-state index contributed by atoms with van der Waals surface area (Å²) in [4.78, 5) is 11.0. The number of benzene rings is 1. The summed E-state index contributed by atoms with van der Waals surface area (Å²) < 4.78 is 1.16. The Balaban J connectivity index is 3.08. The normalized spacial score (nSPS) is 12.6. The molecule has 0 radical (unpaired) electrons. The minimum atomic E-state index is -0.503. The van der Waals surface area contributed by atoms with Gasteiger partial charge >= 0.3 is 0 Å². The van der Waals surface area contributed by atoms with Gasteiger partial charge in [0.05, 0.1) is 0 Å². The lowest BCUT2D eigenvalue weighted by atomic mass is 10.0. The molecule has 0 N–H and O–H groups in total. The number of aryl methyl sites for hydroxylation is 1. The molecule has 0 saturated heterocycles. The number of alkyl halides is 1. The van der Waals surface area contributed by atoms with Gasteiger partial charge in [0.25, 0.3) is 0 Å². The van der Waals surface area contributed by atoms with Crippen molar-refractivity contribution in [3.63, 3.8) is 0 Å². The molecule has 13 heavy (non-hydrogen) atoms. The van der Waals surface area contributed by atoms with E-state index >= 15 is 0 Å². The van der Waals surface area contributed by atoms with Gasteiger partial charge in [-0.15, -0.1) is 11.6 Å². The standard InChI is InChI=1S/C10H10ClIO/c1-6-5-8(12)3-4-9(6)10(11)7(2)13/h3-5,10H,1-2H3. The molecule has 1 unspecified atom stereocenters. The minimum Gasteiger partial charge on any atom is -0.298 e. The first-order valence-corrected chi connectivity index (χ1v) is 5.44. The number of ketones is 1. The van der Waals surface area contributed by atoms with E-state index in [-0.39, 0.29) is 5.78 Å². The van der Waals surface area contributed by atoms with Crippen LogP contribution in [0.25, 0.3) is 0 Å². The van der Waals surface area contributed by atoms with Crippen LogP contribution in [0.4, 0.5) is 0 Å². The van der Waals surface area contributed by atoms with Gasteiger partial charge < -0.3 is 0 Å². The number of hydrogen-bond acceptors (Lipinski definition) is 1. The molecule has 3 heteroatoms. The topological polar surface area (TPSA) is 17.1 Å². The SMILES string of the molecule is CC(=O)C(Cl)c1ccc(I)cc1C. The molecule has 0 bridgehead atoms. The van der Waals surface area contributed by atoms with Crippen LogP contribution in [0, 0.1) is 10.5 Å². The van der Waals surface area contributed by atoms with Gasteiger partial charge in [-0.05, 0) is 59.7 Å². The van der Waals surface area contributed by atoms with Gasteiger partial charge in [-0.1, -0.05) is 6.07 Å². The Bertz CT molecular complexity index is 336. The Morgan fingerprint density at radius 3 is 2.62 bits per heavy atom. The highest BCUT2D eigenvalue weighted by molar-refractivity contribution is 14.1. The summed E-state index contributed by atoms with van der Waals surface area (Å²) in [5.74, 6) is -0.00836. The van der Waals surface area contributed by atoms with Crippen LogP contribution in [0.2, 0.25) is 0 Å². The van der Waals surface area contributed by atoms with Crippen LogP contribution in [0.15, 0.2) is 18.2 Å². The lowest BCUT2D eigenvalue weighted by molar-refractivity contribution is -0.116. The van der Waals surface area contributed by atoms with Crippen LogP contribution in [0.3, 0.4) is 0 Å². The zero-order valence-corrected chi connectivity index (χ0v) is 10.4. The maximum Gasteiger partial charge on any atom is 0.152 e. The molecular weight excluding hydrogens is 298 g/mol. The largest absolute Gasteiger partial charge is 0.298 e. The predicted molar refractivity (Wildman–Crippen MR) is 63.2 cm³/mol. The van der Waals surface area contributed by atoms with Crippen molar-refractivity contribution >= 4 is 40.0 Å². The zero-order chi connectivity index (χ0) is 10.0. The molecule has 0 aliphatic carbocycles. The molecule has 0 aliphatic heterocycles. The van der Waals surface area contributed by atoms with E-state index in [2.05, 4.69) is 22.6 Å². The number of halogens is 2. The van der Waals surface area contributed by atoms with Crippen LogP contribution in [0.5, 0.6) is 0 Å². The Morgan fingerprint density at radius 1 is 1.54 bits per heavy atom. The third-order valence-electron chi connectivity index (χ3n) is 1.86. The second-order valence-corrected chi connectivity index (χ2v) is 4.66. The lowest BCUT2D eigenvalue weighted by Gasteiger charge is -2.09. The predicted octanol–water partition coefficient (Wildman–Crippen LogP) is 3.47. The van der Waals surface area contributed by atoms with Crippen molar-refractivity contribution in [3.05, 3.63) is 32.9 Å². The van der Waals surface area contributed by atoms with Crippen molar-refractivity contribution in [1.82, 2.24) is 0 Å². The highest BCUT2D eigenvalue weighted by atomic mass is 127. The van der Waals surface area contributed by atoms with Gasteiger partial charge in [0.2, 0.25) is 0 Å². The van der Waals surface area contributed by atoms with E-state index in [4.69, 9.17) is 11.6 Å². The fourth-order valence-corrected chi connectivity index (χ4v) is 2.03. The molecule has 0 aliphatic rings. The lowest BCUT2D eigenvalue weighted by Crippen LogP contribution is -2.03. The average Bonchev–Trinajstić information content (AvgIpc) is 2.03. The first-order valence-electron chi connectivity index (χ1n) is 3.93. The number of carbonyl (C=O) groups excluding carboxylic acids is 1. The molecule has 1 nitrogen and oxygen atoms in total. The summed E-state index contributed by atoms with van der Waals surface area (Å²) in [6, 6.07) is 5.89. The zero-order valence-electron chi connectivity index (χ0n) is 7.47. The van der Waals surface area contributed by atoms with Gasteiger partial charge in [0.1, 0.15) is 5.38 Å². The number of rotatable bonds is 2. The highest BCUT2D eigenvalue weighted by Crippen LogP contribution is 2.25. The van der Waals surface area contributed by atoms with Crippen LogP contribution in [0.1, 0.15) is 23.4 Å². The number of carbonyl (C=O) groups is 1. The van der Waals surface area contributed by atoms with Crippen molar-refractivity contribution in [2.45, 2.75) is 19.2 Å². The fourth-order valence-electron chi connectivity index (χ4n) is 1.14. The molecule has 0 amide bonds. The smallest absolute Gasteiger partial charge is 0.152 e. The molecule has 0 fully saturated rings. The fraction of sp³-hybridized carbons (Fsp3) is 0.300. The number of hydrogen-bond donors (Lipinski definition) is 0. The molecule has 0 heterocycles. The first kappa shape index (κ1) is 11.0. The van der Waals surface area contributed by atoms with Crippen LogP contribution in [-0.2, 0) is 4.79 Å². The average molecular weight is 309 g/mol. The van der Waals surface area contributed by atoms with Crippen molar-refractivity contribution in [3.8, 4) is 0 Å². The van der Waals surface area contributed by atoms with Gasteiger partial charge in [-0.25, -0.2) is 0 Å². The minimum absolute atomic E-state index is 0.00836. The maximum atomic E-state index is 11.0. The Kier molecular flexibility index (Phi) is 3.74. The van der Waals surface area contributed by atoms with Crippen molar-refractivity contribution in [2.24, 2.45) is 0 Å². The van der Waals surface area contributed by atoms with E-state index in [0.29, 0.717) is 0 Å².